The highest BCUT2D eigenvalue weighted by molar-refractivity contribution is 5.91. The largest absolute Gasteiger partial charge is 0.453 e. The number of hydrogen-bond acceptors (Lipinski definition) is 5. The van der Waals surface area contributed by atoms with Crippen LogP contribution in [0.1, 0.15) is 21.9 Å². The fourth-order valence-corrected chi connectivity index (χ4v) is 2.09. The van der Waals surface area contributed by atoms with Crippen LogP contribution in [-0.4, -0.2) is 27.8 Å². The van der Waals surface area contributed by atoms with Crippen LogP contribution < -0.4 is 5.32 Å². The van der Waals surface area contributed by atoms with Crippen molar-refractivity contribution in [3.63, 3.8) is 0 Å². The number of aromatic nitrogens is 3. The Labute approximate surface area is 132 Å². The Kier molecular flexibility index (Phi) is 4.49. The highest BCUT2D eigenvalue weighted by Crippen LogP contribution is 2.10. The number of ether oxygens (including phenoxy) is 1. The molecule has 0 radical (unpaired) electrons. The van der Waals surface area contributed by atoms with Gasteiger partial charge in [0.15, 0.2) is 11.6 Å². The van der Waals surface area contributed by atoms with Gasteiger partial charge in [-0.25, -0.2) is 9.67 Å². The number of carbonyl (C=O) groups is 1. The first-order valence-electron chi connectivity index (χ1n) is 7.07. The number of carbonyl (C=O) groups excluding carboxylic acids is 1. The molecule has 0 fully saturated rings. The molecule has 7 heteroatoms. The Bertz CT molecular complexity index is 780. The molecule has 7 nitrogen and oxygen atoms in total. The Morgan fingerprint density at radius 2 is 2.26 bits per heavy atom. The van der Waals surface area contributed by atoms with Crippen molar-refractivity contribution in [3.8, 4) is 5.82 Å². The summed E-state index contributed by atoms with van der Waals surface area (Å²) in [5.74, 6) is 1.30. The van der Waals surface area contributed by atoms with Crippen LogP contribution in [0.2, 0.25) is 0 Å². The van der Waals surface area contributed by atoms with Crippen LogP contribution in [0.25, 0.3) is 5.82 Å². The summed E-state index contributed by atoms with van der Waals surface area (Å²) in [5.41, 5.74) is 0.919. The third-order valence-electron chi connectivity index (χ3n) is 3.17. The van der Waals surface area contributed by atoms with Crippen LogP contribution in [0.4, 0.5) is 0 Å². The lowest BCUT2D eigenvalue weighted by molar-refractivity contribution is 0.0914. The first-order valence-corrected chi connectivity index (χ1v) is 7.07. The Morgan fingerprint density at radius 3 is 3.04 bits per heavy atom. The summed E-state index contributed by atoms with van der Waals surface area (Å²) in [4.78, 5) is 16.3. The summed E-state index contributed by atoms with van der Waals surface area (Å²) in [6.45, 7) is 0.709. The summed E-state index contributed by atoms with van der Waals surface area (Å²) in [7, 11) is 1.57. The van der Waals surface area contributed by atoms with Gasteiger partial charge in [-0.15, -0.1) is 0 Å². The van der Waals surface area contributed by atoms with Gasteiger partial charge in [0.05, 0.1) is 0 Å². The minimum Gasteiger partial charge on any atom is -0.453 e. The maximum atomic E-state index is 12.1. The Morgan fingerprint density at radius 1 is 1.35 bits per heavy atom. The number of pyridine rings is 1. The molecule has 0 spiro atoms. The van der Waals surface area contributed by atoms with E-state index in [1.54, 1.807) is 36.3 Å². The fraction of sp³-hybridized carbons (Fsp3) is 0.188. The molecule has 3 heterocycles. The van der Waals surface area contributed by atoms with E-state index in [-0.39, 0.29) is 11.7 Å². The van der Waals surface area contributed by atoms with Crippen LogP contribution in [0.5, 0.6) is 0 Å². The van der Waals surface area contributed by atoms with Crippen molar-refractivity contribution >= 4 is 5.91 Å². The molecule has 1 amide bonds. The third kappa shape index (κ3) is 3.64. The van der Waals surface area contributed by atoms with Gasteiger partial charge in [0, 0.05) is 32.2 Å². The second kappa shape index (κ2) is 6.89. The summed E-state index contributed by atoms with van der Waals surface area (Å²) >= 11 is 0. The van der Waals surface area contributed by atoms with Gasteiger partial charge in [0.25, 0.3) is 5.91 Å². The van der Waals surface area contributed by atoms with Gasteiger partial charge in [-0.2, -0.15) is 5.10 Å². The second-order valence-electron chi connectivity index (χ2n) is 4.85. The summed E-state index contributed by atoms with van der Waals surface area (Å²) in [6.07, 6.45) is 5.18. The Balaban J connectivity index is 1.63. The highest BCUT2D eigenvalue weighted by Gasteiger charge is 2.11. The predicted octanol–water partition coefficient (Wildman–Crippen LogP) is 1.94. The minimum absolute atomic E-state index is 0.262. The van der Waals surface area contributed by atoms with E-state index < -0.39 is 0 Å². The topological polar surface area (TPSA) is 82.2 Å². The van der Waals surface area contributed by atoms with E-state index >= 15 is 0 Å². The second-order valence-corrected chi connectivity index (χ2v) is 4.85. The molecule has 0 unspecified atom stereocenters. The maximum absolute atomic E-state index is 12.1. The molecule has 23 heavy (non-hydrogen) atoms. The lowest BCUT2D eigenvalue weighted by Gasteiger charge is -2.06. The molecule has 1 N–H and O–H groups in total. The molecule has 3 aromatic rings. The first-order chi connectivity index (χ1) is 11.3. The van der Waals surface area contributed by atoms with Gasteiger partial charge in [-0.3, -0.25) is 4.79 Å². The number of furan rings is 1. The number of methoxy groups -OCH3 is 1. The lowest BCUT2D eigenvalue weighted by atomic mass is 10.2. The van der Waals surface area contributed by atoms with Crippen molar-refractivity contribution in [2.75, 3.05) is 7.11 Å². The molecule has 3 rings (SSSR count). The van der Waals surface area contributed by atoms with Crippen LogP contribution in [-0.2, 0) is 17.9 Å². The molecular formula is C16H16N4O3. The predicted molar refractivity (Wildman–Crippen MR) is 82.0 cm³/mol. The number of nitrogens with zero attached hydrogens (tertiary/aromatic N) is 3. The van der Waals surface area contributed by atoms with E-state index in [2.05, 4.69) is 15.4 Å². The van der Waals surface area contributed by atoms with E-state index in [4.69, 9.17) is 9.15 Å². The van der Waals surface area contributed by atoms with Gasteiger partial charge in [-0.05, 0) is 35.9 Å². The van der Waals surface area contributed by atoms with Gasteiger partial charge < -0.3 is 14.5 Å². The lowest BCUT2D eigenvalue weighted by Crippen LogP contribution is -2.22. The average Bonchev–Trinajstić information content (AvgIpc) is 3.25. The minimum atomic E-state index is -0.273. The number of rotatable bonds is 6. The molecule has 3 aromatic heterocycles. The van der Waals surface area contributed by atoms with Gasteiger partial charge in [-0.1, -0.05) is 0 Å². The Hall–Kier alpha value is -2.93. The van der Waals surface area contributed by atoms with E-state index in [1.165, 1.54) is 0 Å². The van der Waals surface area contributed by atoms with Crippen LogP contribution in [0, 0.1) is 0 Å². The standard InChI is InChI=1S/C16H16N4O3/c1-22-11-13-3-4-14(23-13)16(21)18-10-12-5-7-17-15(9-12)20-8-2-6-19-20/h2-9H,10-11H2,1H3,(H,18,21). The SMILES string of the molecule is COCc1ccc(C(=O)NCc2ccnc(-n3cccn3)c2)o1. The molecule has 118 valence electrons. The van der Waals surface area contributed by atoms with Gasteiger partial charge in [0.2, 0.25) is 0 Å². The molecule has 0 aliphatic heterocycles. The summed E-state index contributed by atoms with van der Waals surface area (Å²) in [5, 5.41) is 6.94. The van der Waals surface area contributed by atoms with E-state index in [0.717, 1.165) is 5.56 Å². The molecule has 0 atom stereocenters. The smallest absolute Gasteiger partial charge is 0.287 e. The molecule has 0 saturated carbocycles. The molecule has 0 aliphatic carbocycles. The van der Waals surface area contributed by atoms with Gasteiger partial charge >= 0.3 is 0 Å². The van der Waals surface area contributed by atoms with Gasteiger partial charge in [0.1, 0.15) is 12.4 Å². The van der Waals surface area contributed by atoms with Crippen molar-refractivity contribution < 1.29 is 13.9 Å². The zero-order chi connectivity index (χ0) is 16.1. The number of amides is 1. The molecule has 0 saturated heterocycles. The van der Waals surface area contributed by atoms with Crippen molar-refractivity contribution in [3.05, 3.63) is 66.0 Å². The highest BCUT2D eigenvalue weighted by atomic mass is 16.5. The van der Waals surface area contributed by atoms with Crippen LogP contribution >= 0.6 is 0 Å². The molecule has 0 aliphatic rings. The van der Waals surface area contributed by atoms with Crippen molar-refractivity contribution in [1.82, 2.24) is 20.1 Å². The summed E-state index contributed by atoms with van der Waals surface area (Å²) < 4.78 is 12.0. The molecule has 0 aromatic carbocycles. The van der Waals surface area contributed by atoms with Crippen molar-refractivity contribution in [2.24, 2.45) is 0 Å². The van der Waals surface area contributed by atoms with E-state index in [1.807, 2.05) is 24.4 Å². The van der Waals surface area contributed by atoms with Crippen LogP contribution in [0.3, 0.4) is 0 Å². The monoisotopic (exact) mass is 312 g/mol. The first kappa shape index (κ1) is 15.0. The van der Waals surface area contributed by atoms with E-state index in [9.17, 15) is 4.79 Å². The van der Waals surface area contributed by atoms with E-state index in [0.29, 0.717) is 24.7 Å². The zero-order valence-electron chi connectivity index (χ0n) is 12.6. The van der Waals surface area contributed by atoms with Crippen LogP contribution in [0.15, 0.2) is 53.3 Å². The average molecular weight is 312 g/mol. The summed E-state index contributed by atoms with van der Waals surface area (Å²) in [6, 6.07) is 8.88. The molecule has 0 bridgehead atoms. The fourth-order valence-electron chi connectivity index (χ4n) is 2.09. The quantitative estimate of drug-likeness (QED) is 0.752. The zero-order valence-corrected chi connectivity index (χ0v) is 12.6. The van der Waals surface area contributed by atoms with Crippen molar-refractivity contribution in [2.45, 2.75) is 13.2 Å². The third-order valence-corrected chi connectivity index (χ3v) is 3.17. The normalized spacial score (nSPS) is 10.7. The number of nitrogens with one attached hydrogen (secondary N) is 1. The number of hydrogen-bond donors (Lipinski definition) is 1. The molecular weight excluding hydrogens is 296 g/mol. The van der Waals surface area contributed by atoms with Crippen molar-refractivity contribution in [1.29, 1.82) is 0 Å². The maximum Gasteiger partial charge on any atom is 0.287 e.